The summed E-state index contributed by atoms with van der Waals surface area (Å²) < 4.78 is 46.7. The standard InChI is InChI=1S/C26H28F3NO3/c1-15-6-22(16(2)30(15)21-5-3-4-20(10-21)26(27,28)29)23(31)14-33-24(32)25-11-17-7-18(12-25)9-19(8-17)13-25/h3-6,10,17-19H,7-9,11-14H2,1-2H3. The first kappa shape index (κ1) is 22.2. The highest BCUT2D eigenvalue weighted by Crippen LogP contribution is 2.60. The lowest BCUT2D eigenvalue weighted by Gasteiger charge is -2.55. The smallest absolute Gasteiger partial charge is 0.416 e. The van der Waals surface area contributed by atoms with Crippen LogP contribution in [-0.4, -0.2) is 22.9 Å². The van der Waals surface area contributed by atoms with Crippen molar-refractivity contribution in [2.24, 2.45) is 23.2 Å². The molecule has 0 aliphatic heterocycles. The van der Waals surface area contributed by atoms with Gasteiger partial charge in [0.2, 0.25) is 5.78 Å². The minimum absolute atomic E-state index is 0.248. The van der Waals surface area contributed by atoms with Crippen molar-refractivity contribution in [2.45, 2.75) is 58.5 Å². The molecule has 0 radical (unpaired) electrons. The Morgan fingerprint density at radius 3 is 2.21 bits per heavy atom. The molecule has 4 aliphatic carbocycles. The van der Waals surface area contributed by atoms with Gasteiger partial charge in [-0.05, 0) is 94.4 Å². The first-order chi connectivity index (χ1) is 15.6. The van der Waals surface area contributed by atoms with Crippen molar-refractivity contribution in [2.75, 3.05) is 6.61 Å². The molecule has 33 heavy (non-hydrogen) atoms. The van der Waals surface area contributed by atoms with Gasteiger partial charge in [-0.2, -0.15) is 13.2 Å². The molecule has 4 fully saturated rings. The van der Waals surface area contributed by atoms with E-state index in [0.717, 1.165) is 31.4 Å². The molecule has 4 bridgehead atoms. The Bertz CT molecular complexity index is 1080. The quantitative estimate of drug-likeness (QED) is 0.404. The van der Waals surface area contributed by atoms with E-state index in [-0.39, 0.29) is 18.4 Å². The van der Waals surface area contributed by atoms with Crippen LogP contribution in [0, 0.1) is 37.0 Å². The van der Waals surface area contributed by atoms with Crippen LogP contribution in [0.5, 0.6) is 0 Å². The largest absolute Gasteiger partial charge is 0.457 e. The highest BCUT2D eigenvalue weighted by Gasteiger charge is 2.55. The van der Waals surface area contributed by atoms with E-state index in [4.69, 9.17) is 4.74 Å². The number of aryl methyl sites for hydroxylation is 1. The summed E-state index contributed by atoms with van der Waals surface area (Å²) in [5, 5.41) is 0. The average Bonchev–Trinajstić information content (AvgIpc) is 3.04. The topological polar surface area (TPSA) is 48.3 Å². The molecule has 1 aromatic heterocycles. The molecule has 0 saturated heterocycles. The number of carbonyl (C=O) groups is 2. The van der Waals surface area contributed by atoms with Gasteiger partial charge >= 0.3 is 12.1 Å². The van der Waals surface area contributed by atoms with Gasteiger partial charge in [0.05, 0.1) is 11.0 Å². The van der Waals surface area contributed by atoms with Crippen molar-refractivity contribution in [3.8, 4) is 5.69 Å². The number of ketones is 1. The van der Waals surface area contributed by atoms with Gasteiger partial charge < -0.3 is 9.30 Å². The minimum Gasteiger partial charge on any atom is -0.457 e. The summed E-state index contributed by atoms with van der Waals surface area (Å²) in [6.07, 6.45) is 1.81. The number of hydrogen-bond acceptors (Lipinski definition) is 3. The molecule has 1 heterocycles. The van der Waals surface area contributed by atoms with Crippen molar-refractivity contribution in [1.82, 2.24) is 4.57 Å². The maximum Gasteiger partial charge on any atom is 0.416 e. The Hall–Kier alpha value is -2.57. The molecule has 1 aromatic carbocycles. The molecular weight excluding hydrogens is 431 g/mol. The predicted molar refractivity (Wildman–Crippen MR) is 116 cm³/mol. The number of halogens is 3. The molecule has 4 saturated carbocycles. The number of esters is 1. The van der Waals surface area contributed by atoms with E-state index in [0.29, 0.717) is 40.4 Å². The fourth-order valence-electron chi connectivity index (χ4n) is 6.99. The van der Waals surface area contributed by atoms with Crippen molar-refractivity contribution >= 4 is 11.8 Å². The van der Waals surface area contributed by atoms with Crippen LogP contribution in [0.4, 0.5) is 13.2 Å². The third-order valence-electron chi connectivity index (χ3n) is 7.97. The number of benzene rings is 1. The summed E-state index contributed by atoms with van der Waals surface area (Å²) in [4.78, 5) is 26.0. The van der Waals surface area contributed by atoms with Gasteiger partial charge in [0.15, 0.2) is 6.61 Å². The summed E-state index contributed by atoms with van der Waals surface area (Å²) in [5.74, 6) is 1.23. The van der Waals surface area contributed by atoms with Gasteiger partial charge in [-0.25, -0.2) is 0 Å². The number of aromatic nitrogens is 1. The Morgan fingerprint density at radius 1 is 1.03 bits per heavy atom. The number of Topliss-reactive ketones (excluding diaryl/α,β-unsaturated/α-hetero) is 1. The summed E-state index contributed by atoms with van der Waals surface area (Å²) in [7, 11) is 0. The molecule has 176 valence electrons. The third kappa shape index (κ3) is 3.89. The molecule has 0 atom stereocenters. The van der Waals surface area contributed by atoms with Crippen molar-refractivity contribution in [3.05, 3.63) is 52.8 Å². The lowest BCUT2D eigenvalue weighted by molar-refractivity contribution is -0.170. The number of rotatable bonds is 5. The van der Waals surface area contributed by atoms with Crippen LogP contribution >= 0.6 is 0 Å². The number of nitrogens with zero attached hydrogens (tertiary/aromatic N) is 1. The van der Waals surface area contributed by atoms with E-state index in [1.807, 2.05) is 0 Å². The zero-order chi connectivity index (χ0) is 23.5. The molecule has 4 nitrogen and oxygen atoms in total. The second kappa shape index (κ2) is 7.74. The van der Waals surface area contributed by atoms with E-state index < -0.39 is 17.2 Å². The fourth-order valence-corrected chi connectivity index (χ4v) is 6.99. The highest BCUT2D eigenvalue weighted by atomic mass is 19.4. The van der Waals surface area contributed by atoms with Gasteiger partial charge in [0.25, 0.3) is 0 Å². The van der Waals surface area contributed by atoms with E-state index in [9.17, 15) is 22.8 Å². The van der Waals surface area contributed by atoms with Crippen LogP contribution in [0.2, 0.25) is 0 Å². The SMILES string of the molecule is Cc1cc(C(=O)COC(=O)C23CC4CC(CC(C4)C2)C3)c(C)n1-c1cccc(C(F)(F)F)c1. The molecular formula is C26H28F3NO3. The maximum absolute atomic E-state index is 13.2. The summed E-state index contributed by atoms with van der Waals surface area (Å²) in [6, 6.07) is 6.67. The Labute approximate surface area is 191 Å². The van der Waals surface area contributed by atoms with Crippen molar-refractivity contribution in [1.29, 1.82) is 0 Å². The van der Waals surface area contributed by atoms with Crippen LogP contribution in [0.15, 0.2) is 30.3 Å². The molecule has 7 heteroatoms. The monoisotopic (exact) mass is 459 g/mol. The maximum atomic E-state index is 13.2. The molecule has 0 spiro atoms. The lowest BCUT2D eigenvalue weighted by atomic mass is 9.49. The van der Waals surface area contributed by atoms with E-state index in [1.54, 1.807) is 30.5 Å². The highest BCUT2D eigenvalue weighted by molar-refractivity contribution is 5.99. The Morgan fingerprint density at radius 2 is 1.64 bits per heavy atom. The Balaban J connectivity index is 1.32. The van der Waals surface area contributed by atoms with E-state index in [2.05, 4.69) is 0 Å². The van der Waals surface area contributed by atoms with Crippen LogP contribution < -0.4 is 0 Å². The zero-order valence-electron chi connectivity index (χ0n) is 18.9. The normalized spacial score (nSPS) is 28.2. The van der Waals surface area contributed by atoms with Crippen LogP contribution in [0.25, 0.3) is 5.69 Å². The molecule has 0 N–H and O–H groups in total. The van der Waals surface area contributed by atoms with Crippen LogP contribution in [0.3, 0.4) is 0 Å². The number of ether oxygens (including phenoxy) is 1. The number of carbonyl (C=O) groups excluding carboxylic acids is 2. The van der Waals surface area contributed by atoms with E-state index in [1.165, 1.54) is 25.3 Å². The molecule has 0 unspecified atom stereocenters. The van der Waals surface area contributed by atoms with Crippen LogP contribution in [-0.2, 0) is 15.7 Å². The predicted octanol–water partition coefficient (Wildman–Crippen LogP) is 6.06. The van der Waals surface area contributed by atoms with Gasteiger partial charge in [-0.1, -0.05) is 6.07 Å². The van der Waals surface area contributed by atoms with Gasteiger partial charge in [-0.3, -0.25) is 9.59 Å². The fraction of sp³-hybridized carbons (Fsp3) is 0.538. The first-order valence-corrected chi connectivity index (χ1v) is 11.6. The number of alkyl halides is 3. The minimum atomic E-state index is -4.45. The van der Waals surface area contributed by atoms with Crippen molar-refractivity contribution < 1.29 is 27.5 Å². The van der Waals surface area contributed by atoms with Crippen LogP contribution in [0.1, 0.15) is 65.8 Å². The molecule has 2 aromatic rings. The van der Waals surface area contributed by atoms with Gasteiger partial charge in [0.1, 0.15) is 0 Å². The van der Waals surface area contributed by atoms with E-state index >= 15 is 0 Å². The number of hydrogen-bond donors (Lipinski definition) is 0. The molecule has 0 amide bonds. The third-order valence-corrected chi connectivity index (χ3v) is 7.97. The average molecular weight is 460 g/mol. The van der Waals surface area contributed by atoms with Gasteiger partial charge in [0, 0.05) is 22.6 Å². The second-order valence-corrected chi connectivity index (χ2v) is 10.4. The lowest BCUT2D eigenvalue weighted by Crippen LogP contribution is -2.50. The Kier molecular flexibility index (Phi) is 5.22. The zero-order valence-corrected chi connectivity index (χ0v) is 18.9. The second-order valence-electron chi connectivity index (χ2n) is 10.4. The summed E-state index contributed by atoms with van der Waals surface area (Å²) in [5.41, 5.74) is 0.701. The van der Waals surface area contributed by atoms with Crippen molar-refractivity contribution in [3.63, 3.8) is 0 Å². The summed E-state index contributed by atoms with van der Waals surface area (Å²) >= 11 is 0. The first-order valence-electron chi connectivity index (χ1n) is 11.6. The molecule has 6 rings (SSSR count). The molecule has 4 aliphatic rings. The van der Waals surface area contributed by atoms with Gasteiger partial charge in [-0.15, -0.1) is 0 Å². The summed E-state index contributed by atoms with van der Waals surface area (Å²) in [6.45, 7) is 3.10.